The molecular weight excluding hydrogens is 192 g/mol. The standard InChI is InChI=1S/C11H22N2O2/c1-4-15-9(2)11(14)13-7-5-10(12-3)6-8-13/h9-10,12H,4-8H2,1-3H3. The van der Waals surface area contributed by atoms with Crippen LogP contribution in [0.5, 0.6) is 0 Å². The van der Waals surface area contributed by atoms with E-state index in [1.165, 1.54) is 0 Å². The largest absolute Gasteiger partial charge is 0.369 e. The SMILES string of the molecule is CCOC(C)C(=O)N1CCC(NC)CC1. The summed E-state index contributed by atoms with van der Waals surface area (Å²) < 4.78 is 5.30. The first kappa shape index (κ1) is 12.5. The van der Waals surface area contributed by atoms with Crippen LogP contribution >= 0.6 is 0 Å². The van der Waals surface area contributed by atoms with Gasteiger partial charge in [-0.2, -0.15) is 0 Å². The summed E-state index contributed by atoms with van der Waals surface area (Å²) in [5.74, 6) is 0.131. The van der Waals surface area contributed by atoms with Crippen LogP contribution in [-0.2, 0) is 9.53 Å². The molecule has 1 atom stereocenters. The minimum Gasteiger partial charge on any atom is -0.369 e. The highest BCUT2D eigenvalue weighted by Crippen LogP contribution is 2.11. The van der Waals surface area contributed by atoms with Crippen LogP contribution in [-0.4, -0.2) is 49.7 Å². The van der Waals surface area contributed by atoms with E-state index in [-0.39, 0.29) is 12.0 Å². The summed E-state index contributed by atoms with van der Waals surface area (Å²) in [7, 11) is 1.98. The van der Waals surface area contributed by atoms with Crippen molar-refractivity contribution in [2.24, 2.45) is 0 Å². The lowest BCUT2D eigenvalue weighted by Gasteiger charge is -2.33. The molecule has 88 valence electrons. The molecule has 0 aromatic carbocycles. The van der Waals surface area contributed by atoms with Crippen molar-refractivity contribution in [2.45, 2.75) is 38.8 Å². The van der Waals surface area contributed by atoms with Gasteiger partial charge in [-0.15, -0.1) is 0 Å². The van der Waals surface area contributed by atoms with Crippen LogP contribution in [0.2, 0.25) is 0 Å². The van der Waals surface area contributed by atoms with Crippen LogP contribution in [0.4, 0.5) is 0 Å². The lowest BCUT2D eigenvalue weighted by Crippen LogP contribution is -2.47. The van der Waals surface area contributed by atoms with Gasteiger partial charge in [0, 0.05) is 25.7 Å². The Morgan fingerprint density at radius 3 is 2.60 bits per heavy atom. The topological polar surface area (TPSA) is 41.6 Å². The molecule has 0 aromatic rings. The molecule has 1 heterocycles. The zero-order valence-corrected chi connectivity index (χ0v) is 9.95. The Kier molecular flexibility index (Phi) is 5.05. The first-order valence-corrected chi connectivity index (χ1v) is 5.76. The van der Waals surface area contributed by atoms with Gasteiger partial charge in [0.15, 0.2) is 0 Å². The first-order chi connectivity index (χ1) is 7.19. The fraction of sp³-hybridized carbons (Fsp3) is 0.909. The number of likely N-dealkylation sites (tertiary alicyclic amines) is 1. The fourth-order valence-electron chi connectivity index (χ4n) is 1.97. The van der Waals surface area contributed by atoms with Gasteiger partial charge in [-0.05, 0) is 33.7 Å². The second kappa shape index (κ2) is 6.08. The number of nitrogens with zero attached hydrogens (tertiary/aromatic N) is 1. The zero-order chi connectivity index (χ0) is 11.3. The molecule has 0 aliphatic carbocycles. The third-order valence-corrected chi connectivity index (χ3v) is 2.98. The van der Waals surface area contributed by atoms with Gasteiger partial charge in [0.2, 0.25) is 0 Å². The van der Waals surface area contributed by atoms with Crippen molar-refractivity contribution in [3.63, 3.8) is 0 Å². The number of carbonyl (C=O) groups excluding carboxylic acids is 1. The smallest absolute Gasteiger partial charge is 0.251 e. The van der Waals surface area contributed by atoms with Crippen molar-refractivity contribution in [2.75, 3.05) is 26.7 Å². The molecule has 0 spiro atoms. The Morgan fingerprint density at radius 1 is 1.53 bits per heavy atom. The van der Waals surface area contributed by atoms with E-state index in [0.717, 1.165) is 25.9 Å². The Hall–Kier alpha value is -0.610. The predicted octanol–water partition coefficient (Wildman–Crippen LogP) is 0.622. The van der Waals surface area contributed by atoms with Gasteiger partial charge < -0.3 is 15.0 Å². The molecule has 15 heavy (non-hydrogen) atoms. The molecule has 0 saturated carbocycles. The normalized spacial score (nSPS) is 20.3. The van der Waals surface area contributed by atoms with Crippen LogP contribution < -0.4 is 5.32 Å². The highest BCUT2D eigenvalue weighted by atomic mass is 16.5. The fourth-order valence-corrected chi connectivity index (χ4v) is 1.97. The van der Waals surface area contributed by atoms with Gasteiger partial charge in [0.1, 0.15) is 6.10 Å². The maximum Gasteiger partial charge on any atom is 0.251 e. The summed E-state index contributed by atoms with van der Waals surface area (Å²) in [6.07, 6.45) is 1.79. The van der Waals surface area contributed by atoms with Crippen molar-refractivity contribution in [3.8, 4) is 0 Å². The molecule has 0 radical (unpaired) electrons. The number of hydrogen-bond acceptors (Lipinski definition) is 3. The minimum atomic E-state index is -0.291. The number of piperidine rings is 1. The predicted molar refractivity (Wildman–Crippen MR) is 59.7 cm³/mol. The Bertz CT molecular complexity index is 201. The number of ether oxygens (including phenoxy) is 1. The average Bonchev–Trinajstić information content (AvgIpc) is 2.28. The number of nitrogens with one attached hydrogen (secondary N) is 1. The van der Waals surface area contributed by atoms with Gasteiger partial charge in [0.25, 0.3) is 5.91 Å². The molecule has 1 unspecified atom stereocenters. The third kappa shape index (κ3) is 3.47. The van der Waals surface area contributed by atoms with Crippen molar-refractivity contribution in [3.05, 3.63) is 0 Å². The van der Waals surface area contributed by atoms with Crippen molar-refractivity contribution >= 4 is 5.91 Å². The van der Waals surface area contributed by atoms with Crippen molar-refractivity contribution in [1.82, 2.24) is 10.2 Å². The number of rotatable bonds is 4. The minimum absolute atomic E-state index is 0.131. The molecule has 0 aromatic heterocycles. The van der Waals surface area contributed by atoms with Crippen LogP contribution in [0.15, 0.2) is 0 Å². The van der Waals surface area contributed by atoms with E-state index in [9.17, 15) is 4.79 Å². The molecular formula is C11H22N2O2. The van der Waals surface area contributed by atoms with Crippen LogP contribution in [0.25, 0.3) is 0 Å². The molecule has 4 nitrogen and oxygen atoms in total. The molecule has 1 N–H and O–H groups in total. The highest BCUT2D eigenvalue weighted by molar-refractivity contribution is 5.80. The van der Waals surface area contributed by atoms with E-state index in [2.05, 4.69) is 5.32 Å². The van der Waals surface area contributed by atoms with Crippen LogP contribution in [0.1, 0.15) is 26.7 Å². The maximum absolute atomic E-state index is 11.9. The molecule has 4 heteroatoms. The lowest BCUT2D eigenvalue weighted by molar-refractivity contribution is -0.143. The van der Waals surface area contributed by atoms with E-state index in [4.69, 9.17) is 4.74 Å². The highest BCUT2D eigenvalue weighted by Gasteiger charge is 2.25. The van der Waals surface area contributed by atoms with Gasteiger partial charge in [-0.25, -0.2) is 0 Å². The molecule has 1 rings (SSSR count). The zero-order valence-electron chi connectivity index (χ0n) is 9.95. The van der Waals surface area contributed by atoms with Crippen LogP contribution in [0.3, 0.4) is 0 Å². The molecule has 0 bridgehead atoms. The van der Waals surface area contributed by atoms with Gasteiger partial charge in [0.05, 0.1) is 0 Å². The van der Waals surface area contributed by atoms with E-state index in [0.29, 0.717) is 12.6 Å². The van der Waals surface area contributed by atoms with E-state index >= 15 is 0 Å². The van der Waals surface area contributed by atoms with Crippen molar-refractivity contribution < 1.29 is 9.53 Å². The Labute approximate surface area is 92.0 Å². The average molecular weight is 214 g/mol. The van der Waals surface area contributed by atoms with E-state index in [1.54, 1.807) is 0 Å². The molecule has 1 aliphatic heterocycles. The van der Waals surface area contributed by atoms with Crippen LogP contribution in [0, 0.1) is 0 Å². The van der Waals surface area contributed by atoms with E-state index < -0.39 is 0 Å². The van der Waals surface area contributed by atoms with Gasteiger partial charge in [-0.3, -0.25) is 4.79 Å². The first-order valence-electron chi connectivity index (χ1n) is 5.76. The number of hydrogen-bond donors (Lipinski definition) is 1. The second-order valence-electron chi connectivity index (χ2n) is 3.99. The third-order valence-electron chi connectivity index (χ3n) is 2.98. The Morgan fingerprint density at radius 2 is 2.13 bits per heavy atom. The summed E-state index contributed by atoms with van der Waals surface area (Å²) >= 11 is 0. The second-order valence-corrected chi connectivity index (χ2v) is 3.99. The summed E-state index contributed by atoms with van der Waals surface area (Å²) in [6, 6.07) is 0.566. The number of carbonyl (C=O) groups is 1. The summed E-state index contributed by atoms with van der Waals surface area (Å²) in [6.45, 7) is 6.04. The summed E-state index contributed by atoms with van der Waals surface area (Å²) in [4.78, 5) is 13.8. The molecule has 1 amide bonds. The molecule has 1 saturated heterocycles. The quantitative estimate of drug-likeness (QED) is 0.746. The summed E-state index contributed by atoms with van der Waals surface area (Å²) in [5.41, 5.74) is 0. The van der Waals surface area contributed by atoms with Gasteiger partial charge in [-0.1, -0.05) is 0 Å². The Balaban J connectivity index is 2.35. The molecule has 1 aliphatic rings. The number of amides is 1. The maximum atomic E-state index is 11.9. The monoisotopic (exact) mass is 214 g/mol. The lowest BCUT2D eigenvalue weighted by atomic mass is 10.0. The van der Waals surface area contributed by atoms with Crippen molar-refractivity contribution in [1.29, 1.82) is 0 Å². The van der Waals surface area contributed by atoms with E-state index in [1.807, 2.05) is 25.8 Å². The van der Waals surface area contributed by atoms with Gasteiger partial charge >= 0.3 is 0 Å². The summed E-state index contributed by atoms with van der Waals surface area (Å²) in [5, 5.41) is 3.25. The molecule has 1 fully saturated rings.